The first-order valence-corrected chi connectivity index (χ1v) is 7.03. The molecule has 2 rings (SSSR count). The third-order valence-electron chi connectivity index (χ3n) is 3.32. The molecular formula is C16H22N6. The quantitative estimate of drug-likeness (QED) is 0.522. The molecule has 0 saturated carbocycles. The van der Waals surface area contributed by atoms with E-state index in [4.69, 9.17) is 11.5 Å². The van der Waals surface area contributed by atoms with Crippen LogP contribution in [0.4, 0.5) is 5.69 Å². The van der Waals surface area contributed by atoms with Gasteiger partial charge in [-0.15, -0.1) is 0 Å². The zero-order valence-corrected chi connectivity index (χ0v) is 12.9. The van der Waals surface area contributed by atoms with Gasteiger partial charge in [-0.3, -0.25) is 5.10 Å². The van der Waals surface area contributed by atoms with Crippen LogP contribution < -0.4 is 22.1 Å². The molecule has 0 saturated heterocycles. The molecule has 1 heterocycles. The average molecular weight is 298 g/mol. The zero-order chi connectivity index (χ0) is 15.9. The molecule has 0 amide bonds. The Morgan fingerprint density at radius 1 is 1.41 bits per heavy atom. The highest BCUT2D eigenvalue weighted by Gasteiger charge is 2.04. The van der Waals surface area contributed by atoms with Crippen LogP contribution in [0.2, 0.25) is 0 Å². The molecule has 6 heteroatoms. The van der Waals surface area contributed by atoms with E-state index in [1.807, 2.05) is 13.1 Å². The third-order valence-corrected chi connectivity index (χ3v) is 3.32. The van der Waals surface area contributed by atoms with Crippen LogP contribution in [-0.4, -0.2) is 17.2 Å². The molecule has 116 valence electrons. The number of allylic oxidation sites excluding steroid dienone is 2. The summed E-state index contributed by atoms with van der Waals surface area (Å²) in [7, 11) is 1.93. The number of hydrogen-bond acceptors (Lipinski definition) is 5. The lowest BCUT2D eigenvalue weighted by Gasteiger charge is -2.10. The SMILES string of the molecule is CNCc1ccc(C(/C=C(\N)Nc2cn[nH]c2)=C/N)cc1C. The second-order valence-electron chi connectivity index (χ2n) is 5.01. The number of nitrogens with two attached hydrogens (primary N) is 2. The van der Waals surface area contributed by atoms with Crippen LogP contribution in [0.25, 0.3) is 5.57 Å². The third kappa shape index (κ3) is 3.89. The molecule has 0 bridgehead atoms. The van der Waals surface area contributed by atoms with E-state index in [-0.39, 0.29) is 0 Å². The van der Waals surface area contributed by atoms with Gasteiger partial charge in [0.05, 0.1) is 11.9 Å². The minimum Gasteiger partial charge on any atom is -0.404 e. The van der Waals surface area contributed by atoms with Crippen LogP contribution in [0.1, 0.15) is 16.7 Å². The molecule has 0 spiro atoms. The number of nitrogens with one attached hydrogen (secondary N) is 3. The Morgan fingerprint density at radius 3 is 2.82 bits per heavy atom. The van der Waals surface area contributed by atoms with E-state index in [2.05, 4.69) is 39.9 Å². The van der Waals surface area contributed by atoms with E-state index in [9.17, 15) is 0 Å². The van der Waals surface area contributed by atoms with Crippen LogP contribution in [0.15, 0.2) is 48.7 Å². The van der Waals surface area contributed by atoms with Crippen molar-refractivity contribution in [2.45, 2.75) is 13.5 Å². The summed E-state index contributed by atoms with van der Waals surface area (Å²) >= 11 is 0. The Balaban J connectivity index is 2.19. The van der Waals surface area contributed by atoms with Crippen molar-refractivity contribution in [2.75, 3.05) is 12.4 Å². The molecule has 0 atom stereocenters. The summed E-state index contributed by atoms with van der Waals surface area (Å²) in [5, 5.41) is 12.8. The van der Waals surface area contributed by atoms with Crippen LogP contribution >= 0.6 is 0 Å². The van der Waals surface area contributed by atoms with Crippen LogP contribution in [0.3, 0.4) is 0 Å². The van der Waals surface area contributed by atoms with E-state index >= 15 is 0 Å². The van der Waals surface area contributed by atoms with E-state index in [1.54, 1.807) is 24.7 Å². The maximum absolute atomic E-state index is 6.00. The van der Waals surface area contributed by atoms with Crippen molar-refractivity contribution in [1.82, 2.24) is 15.5 Å². The van der Waals surface area contributed by atoms with Gasteiger partial charge in [0, 0.05) is 24.5 Å². The van der Waals surface area contributed by atoms with Gasteiger partial charge in [-0.25, -0.2) is 0 Å². The lowest BCUT2D eigenvalue weighted by molar-refractivity contribution is 0.812. The van der Waals surface area contributed by atoms with Gasteiger partial charge in [0.1, 0.15) is 5.82 Å². The van der Waals surface area contributed by atoms with Crippen molar-refractivity contribution in [1.29, 1.82) is 0 Å². The van der Waals surface area contributed by atoms with Gasteiger partial charge in [0.25, 0.3) is 0 Å². The maximum atomic E-state index is 6.00. The number of H-pyrrole nitrogens is 1. The number of anilines is 1. The van der Waals surface area contributed by atoms with Crippen molar-refractivity contribution in [3.63, 3.8) is 0 Å². The smallest absolute Gasteiger partial charge is 0.101 e. The number of aryl methyl sites for hydroxylation is 1. The van der Waals surface area contributed by atoms with Crippen molar-refractivity contribution in [2.24, 2.45) is 11.5 Å². The largest absolute Gasteiger partial charge is 0.404 e. The number of benzene rings is 1. The van der Waals surface area contributed by atoms with Crippen molar-refractivity contribution in [3.05, 3.63) is 65.4 Å². The summed E-state index contributed by atoms with van der Waals surface area (Å²) in [4.78, 5) is 0. The van der Waals surface area contributed by atoms with E-state index < -0.39 is 0 Å². The Bertz CT molecular complexity index is 670. The van der Waals surface area contributed by atoms with Gasteiger partial charge in [0.15, 0.2) is 0 Å². The van der Waals surface area contributed by atoms with E-state index in [0.717, 1.165) is 23.4 Å². The van der Waals surface area contributed by atoms with Gasteiger partial charge in [-0.1, -0.05) is 18.2 Å². The maximum Gasteiger partial charge on any atom is 0.101 e. The fourth-order valence-corrected chi connectivity index (χ4v) is 2.18. The molecule has 0 aliphatic heterocycles. The van der Waals surface area contributed by atoms with Gasteiger partial charge in [0.2, 0.25) is 0 Å². The van der Waals surface area contributed by atoms with Crippen LogP contribution in [0.5, 0.6) is 0 Å². The molecule has 0 unspecified atom stereocenters. The second kappa shape index (κ2) is 7.33. The Kier molecular flexibility index (Phi) is 5.21. The van der Waals surface area contributed by atoms with Crippen LogP contribution in [0, 0.1) is 6.92 Å². The minimum atomic E-state index is 0.495. The second-order valence-corrected chi connectivity index (χ2v) is 5.01. The lowest BCUT2D eigenvalue weighted by atomic mass is 10.00. The highest BCUT2D eigenvalue weighted by molar-refractivity contribution is 5.75. The van der Waals surface area contributed by atoms with Gasteiger partial charge in [-0.05, 0) is 36.7 Å². The van der Waals surface area contributed by atoms with Crippen molar-refractivity contribution in [3.8, 4) is 0 Å². The fourth-order valence-electron chi connectivity index (χ4n) is 2.18. The van der Waals surface area contributed by atoms with Gasteiger partial charge >= 0.3 is 0 Å². The average Bonchev–Trinajstić information content (AvgIpc) is 3.00. The topological polar surface area (TPSA) is 105 Å². The Morgan fingerprint density at radius 2 is 2.23 bits per heavy atom. The molecule has 7 N–H and O–H groups in total. The zero-order valence-electron chi connectivity index (χ0n) is 12.9. The Labute approximate surface area is 130 Å². The summed E-state index contributed by atoms with van der Waals surface area (Å²) in [6.45, 7) is 2.93. The van der Waals surface area contributed by atoms with E-state index in [1.165, 1.54) is 11.1 Å². The van der Waals surface area contributed by atoms with Gasteiger partial charge < -0.3 is 22.1 Å². The summed E-state index contributed by atoms with van der Waals surface area (Å²) in [5.74, 6) is 0.495. The predicted molar refractivity (Wildman–Crippen MR) is 90.6 cm³/mol. The molecule has 2 aromatic rings. The number of rotatable bonds is 6. The van der Waals surface area contributed by atoms with Crippen LogP contribution in [-0.2, 0) is 6.54 Å². The number of aromatic amines is 1. The molecule has 0 fully saturated rings. The van der Waals surface area contributed by atoms with Crippen molar-refractivity contribution < 1.29 is 0 Å². The first-order valence-electron chi connectivity index (χ1n) is 7.03. The predicted octanol–water partition coefficient (Wildman–Crippen LogP) is 1.65. The molecule has 0 aliphatic carbocycles. The Hall–Kier alpha value is -2.73. The summed E-state index contributed by atoms with van der Waals surface area (Å²) in [5.41, 5.74) is 16.9. The summed E-state index contributed by atoms with van der Waals surface area (Å²) in [6.07, 6.45) is 6.74. The summed E-state index contributed by atoms with van der Waals surface area (Å²) < 4.78 is 0. The normalized spacial score (nSPS) is 12.5. The first kappa shape index (κ1) is 15.7. The first-order chi connectivity index (χ1) is 10.6. The fraction of sp³-hybridized carbons (Fsp3) is 0.188. The molecule has 22 heavy (non-hydrogen) atoms. The van der Waals surface area contributed by atoms with Crippen molar-refractivity contribution >= 4 is 11.3 Å². The monoisotopic (exact) mass is 298 g/mol. The number of nitrogens with zero attached hydrogens (tertiary/aromatic N) is 1. The molecule has 1 aromatic carbocycles. The molecule has 1 aromatic heterocycles. The molecule has 6 nitrogen and oxygen atoms in total. The highest BCUT2D eigenvalue weighted by Crippen LogP contribution is 2.20. The number of hydrogen-bond donors (Lipinski definition) is 5. The molecular weight excluding hydrogens is 276 g/mol. The standard InChI is InChI=1S/C16H22N6/c1-11-5-12(3-4-13(11)8-19-2)14(7-17)6-16(18)22-15-9-20-21-10-15/h3-7,9-10,19,22H,8,17-18H2,1-2H3,(H,20,21)/b14-7+,16-6+. The van der Waals surface area contributed by atoms with Gasteiger partial charge in [-0.2, -0.15) is 5.10 Å². The molecule has 0 aliphatic rings. The molecule has 0 radical (unpaired) electrons. The van der Waals surface area contributed by atoms with E-state index in [0.29, 0.717) is 5.82 Å². The lowest BCUT2D eigenvalue weighted by Crippen LogP contribution is -2.09. The summed E-state index contributed by atoms with van der Waals surface area (Å²) in [6, 6.07) is 6.24. The minimum absolute atomic E-state index is 0.495. The number of aromatic nitrogens is 2. The highest BCUT2D eigenvalue weighted by atomic mass is 15.1.